The normalized spacial score (nSPS) is 16.7. The van der Waals surface area contributed by atoms with Crippen molar-refractivity contribution in [2.24, 2.45) is 5.84 Å². The van der Waals surface area contributed by atoms with Crippen molar-refractivity contribution in [1.29, 1.82) is 0 Å². The third-order valence-corrected chi connectivity index (χ3v) is 4.96. The van der Waals surface area contributed by atoms with Gasteiger partial charge in [0.25, 0.3) is 0 Å². The highest BCUT2D eigenvalue weighted by Gasteiger charge is 2.19. The molecule has 0 saturated heterocycles. The average molecular weight is 288 g/mol. The van der Waals surface area contributed by atoms with Crippen LogP contribution in [0.25, 0.3) is 0 Å². The van der Waals surface area contributed by atoms with E-state index in [1.807, 2.05) is 0 Å². The van der Waals surface area contributed by atoms with Crippen molar-refractivity contribution >= 4 is 0 Å². The van der Waals surface area contributed by atoms with Gasteiger partial charge < -0.3 is 0 Å². The van der Waals surface area contributed by atoms with Crippen molar-refractivity contribution in [2.45, 2.75) is 83.1 Å². The maximum atomic E-state index is 5.75. The van der Waals surface area contributed by atoms with Crippen molar-refractivity contribution in [3.05, 3.63) is 35.4 Å². The first-order chi connectivity index (χ1) is 10.3. The van der Waals surface area contributed by atoms with E-state index in [1.165, 1.54) is 68.9 Å². The van der Waals surface area contributed by atoms with Gasteiger partial charge in [-0.05, 0) is 36.3 Å². The molecule has 1 fully saturated rings. The molecule has 1 unspecified atom stereocenters. The van der Waals surface area contributed by atoms with Gasteiger partial charge in [-0.3, -0.25) is 11.3 Å². The van der Waals surface area contributed by atoms with Gasteiger partial charge in [-0.2, -0.15) is 0 Å². The lowest BCUT2D eigenvalue weighted by atomic mass is 9.80. The zero-order chi connectivity index (χ0) is 14.9. The molecule has 2 rings (SSSR count). The molecule has 1 saturated carbocycles. The summed E-state index contributed by atoms with van der Waals surface area (Å²) in [6.45, 7) is 2.27. The summed E-state index contributed by atoms with van der Waals surface area (Å²) in [4.78, 5) is 0. The molecule has 21 heavy (non-hydrogen) atoms. The number of rotatable bonds is 10. The average Bonchev–Trinajstić information content (AvgIpc) is 2.46. The second-order valence-electron chi connectivity index (χ2n) is 6.57. The maximum absolute atomic E-state index is 5.75. The minimum atomic E-state index is 0.312. The van der Waals surface area contributed by atoms with Crippen LogP contribution in [0.2, 0.25) is 0 Å². The standard InChI is InChI=1S/C19H32N2/c1-2-3-4-5-6-7-11-19(21-20)18-14-12-17(13-15-18)16-9-8-10-16/h12-16,19,21H,2-11,20H2,1H3. The van der Waals surface area contributed by atoms with Crippen LogP contribution in [0.15, 0.2) is 24.3 Å². The molecule has 118 valence electrons. The lowest BCUT2D eigenvalue weighted by Crippen LogP contribution is -2.28. The lowest BCUT2D eigenvalue weighted by molar-refractivity contribution is 0.419. The molecule has 2 nitrogen and oxygen atoms in total. The fourth-order valence-corrected chi connectivity index (χ4v) is 3.22. The largest absolute Gasteiger partial charge is 0.271 e. The van der Waals surface area contributed by atoms with Crippen molar-refractivity contribution in [2.75, 3.05) is 0 Å². The van der Waals surface area contributed by atoms with Crippen LogP contribution in [0, 0.1) is 0 Å². The van der Waals surface area contributed by atoms with Gasteiger partial charge in [0.15, 0.2) is 0 Å². The molecule has 0 radical (unpaired) electrons. The van der Waals surface area contributed by atoms with Crippen LogP contribution in [0.1, 0.15) is 94.2 Å². The highest BCUT2D eigenvalue weighted by molar-refractivity contribution is 5.28. The van der Waals surface area contributed by atoms with E-state index < -0.39 is 0 Å². The van der Waals surface area contributed by atoms with Crippen molar-refractivity contribution < 1.29 is 0 Å². The molecule has 0 aromatic heterocycles. The maximum Gasteiger partial charge on any atom is 0.0460 e. The molecular formula is C19H32N2. The van der Waals surface area contributed by atoms with Gasteiger partial charge in [0.05, 0.1) is 0 Å². The topological polar surface area (TPSA) is 38.0 Å². The Kier molecular flexibility index (Phi) is 7.25. The van der Waals surface area contributed by atoms with Gasteiger partial charge in [0.1, 0.15) is 0 Å². The lowest BCUT2D eigenvalue weighted by Gasteiger charge is -2.26. The minimum Gasteiger partial charge on any atom is -0.271 e. The quantitative estimate of drug-likeness (QED) is 0.352. The number of hydrogen-bond acceptors (Lipinski definition) is 2. The molecule has 0 bridgehead atoms. The highest BCUT2D eigenvalue weighted by atomic mass is 15.2. The third-order valence-electron chi connectivity index (χ3n) is 4.96. The number of benzene rings is 1. The van der Waals surface area contributed by atoms with Crippen LogP contribution >= 0.6 is 0 Å². The Bertz CT molecular complexity index is 381. The summed E-state index contributed by atoms with van der Waals surface area (Å²) in [7, 11) is 0. The van der Waals surface area contributed by atoms with Gasteiger partial charge in [-0.25, -0.2) is 0 Å². The molecule has 2 heteroatoms. The first-order valence-corrected chi connectivity index (χ1v) is 8.91. The zero-order valence-corrected chi connectivity index (χ0v) is 13.6. The number of nitrogens with one attached hydrogen (secondary N) is 1. The molecule has 1 atom stereocenters. The third kappa shape index (κ3) is 5.12. The van der Waals surface area contributed by atoms with Gasteiger partial charge in [-0.15, -0.1) is 0 Å². The predicted octanol–water partition coefficient (Wildman–Crippen LogP) is 5.21. The summed E-state index contributed by atoms with van der Waals surface area (Å²) in [5.41, 5.74) is 5.85. The second kappa shape index (κ2) is 9.22. The number of hydrogen-bond donors (Lipinski definition) is 2. The summed E-state index contributed by atoms with van der Waals surface area (Å²) in [6, 6.07) is 9.48. The molecule has 0 heterocycles. The molecule has 0 spiro atoms. The first kappa shape index (κ1) is 16.5. The Morgan fingerprint density at radius 1 is 1.05 bits per heavy atom. The first-order valence-electron chi connectivity index (χ1n) is 8.91. The van der Waals surface area contributed by atoms with Crippen LogP contribution in [-0.2, 0) is 0 Å². The zero-order valence-electron chi connectivity index (χ0n) is 13.6. The SMILES string of the molecule is CCCCCCCCC(NN)c1ccc(C2CCC2)cc1. The van der Waals surface area contributed by atoms with Crippen molar-refractivity contribution in [3.8, 4) is 0 Å². The molecule has 1 aliphatic rings. The summed E-state index contributed by atoms with van der Waals surface area (Å²) in [5.74, 6) is 6.57. The summed E-state index contributed by atoms with van der Waals surface area (Å²) >= 11 is 0. The monoisotopic (exact) mass is 288 g/mol. The van der Waals surface area contributed by atoms with Gasteiger partial charge >= 0.3 is 0 Å². The number of nitrogens with two attached hydrogens (primary N) is 1. The molecule has 1 aliphatic carbocycles. The van der Waals surface area contributed by atoms with E-state index in [2.05, 4.69) is 36.6 Å². The molecule has 0 aliphatic heterocycles. The Balaban J connectivity index is 1.74. The van der Waals surface area contributed by atoms with E-state index in [0.29, 0.717) is 6.04 Å². The molecule has 1 aromatic carbocycles. The fraction of sp³-hybridized carbons (Fsp3) is 0.684. The van der Waals surface area contributed by atoms with Gasteiger partial charge in [0.2, 0.25) is 0 Å². The van der Waals surface area contributed by atoms with Crippen molar-refractivity contribution in [1.82, 2.24) is 5.43 Å². The van der Waals surface area contributed by atoms with E-state index in [4.69, 9.17) is 5.84 Å². The highest BCUT2D eigenvalue weighted by Crippen LogP contribution is 2.36. The molecule has 3 N–H and O–H groups in total. The predicted molar refractivity (Wildman–Crippen MR) is 91.1 cm³/mol. The van der Waals surface area contributed by atoms with E-state index in [0.717, 1.165) is 12.3 Å². The Hall–Kier alpha value is -0.860. The smallest absolute Gasteiger partial charge is 0.0460 e. The molecule has 0 amide bonds. The van der Waals surface area contributed by atoms with Gasteiger partial charge in [0, 0.05) is 6.04 Å². The van der Waals surface area contributed by atoms with Crippen LogP contribution in [-0.4, -0.2) is 0 Å². The van der Waals surface area contributed by atoms with Crippen molar-refractivity contribution in [3.63, 3.8) is 0 Å². The van der Waals surface area contributed by atoms with Crippen LogP contribution in [0.4, 0.5) is 0 Å². The Morgan fingerprint density at radius 3 is 2.29 bits per heavy atom. The number of hydrazine groups is 1. The van der Waals surface area contributed by atoms with Crippen LogP contribution < -0.4 is 11.3 Å². The van der Waals surface area contributed by atoms with E-state index in [9.17, 15) is 0 Å². The summed E-state index contributed by atoms with van der Waals surface area (Å²) < 4.78 is 0. The van der Waals surface area contributed by atoms with E-state index in [1.54, 1.807) is 0 Å². The van der Waals surface area contributed by atoms with Crippen LogP contribution in [0.3, 0.4) is 0 Å². The Morgan fingerprint density at radius 2 is 1.71 bits per heavy atom. The summed E-state index contributed by atoms with van der Waals surface area (Å²) in [5, 5.41) is 0. The van der Waals surface area contributed by atoms with Gasteiger partial charge in [-0.1, -0.05) is 76.1 Å². The van der Waals surface area contributed by atoms with Crippen LogP contribution in [0.5, 0.6) is 0 Å². The fourth-order valence-electron chi connectivity index (χ4n) is 3.22. The molecular weight excluding hydrogens is 256 g/mol. The minimum absolute atomic E-state index is 0.312. The second-order valence-corrected chi connectivity index (χ2v) is 6.57. The summed E-state index contributed by atoms with van der Waals surface area (Å²) in [6.07, 6.45) is 13.3. The Labute approximate surface area is 130 Å². The number of unbranched alkanes of at least 4 members (excludes halogenated alkanes) is 5. The molecule has 1 aromatic rings. The van der Waals surface area contributed by atoms with E-state index >= 15 is 0 Å². The van der Waals surface area contributed by atoms with E-state index in [-0.39, 0.29) is 0 Å².